The number of tetrazole rings is 1. The van der Waals surface area contributed by atoms with Crippen LogP contribution < -0.4 is 27.0 Å². The van der Waals surface area contributed by atoms with Gasteiger partial charge in [0.25, 0.3) is 5.91 Å². The molecule has 14 heteroatoms. The van der Waals surface area contributed by atoms with Gasteiger partial charge in [-0.15, -0.1) is 22.6 Å². The molecule has 0 unspecified atom stereocenters. The van der Waals surface area contributed by atoms with Gasteiger partial charge >= 0.3 is 0 Å². The number of halogens is 2. The average molecular weight is 704 g/mol. The van der Waals surface area contributed by atoms with Gasteiger partial charge in [0.05, 0.1) is 5.56 Å². The Hall–Kier alpha value is -4.72. The number of H-pyrrole nitrogens is 1. The summed E-state index contributed by atoms with van der Waals surface area (Å²) in [6, 6.07) is 18.3. The maximum atomic E-state index is 14.7. The Morgan fingerprint density at radius 2 is 1.56 bits per heavy atom. The van der Waals surface area contributed by atoms with E-state index in [1.165, 1.54) is 6.07 Å². The lowest BCUT2D eigenvalue weighted by atomic mass is 9.81. The Bertz CT molecular complexity index is 1720. The molecular formula is C36H43ClFN9O3. The van der Waals surface area contributed by atoms with Gasteiger partial charge < -0.3 is 27.0 Å². The quantitative estimate of drug-likeness (QED) is 0.136. The van der Waals surface area contributed by atoms with Crippen molar-refractivity contribution in [3.63, 3.8) is 0 Å². The van der Waals surface area contributed by atoms with Gasteiger partial charge in [-0.25, -0.2) is 4.39 Å². The Balaban J connectivity index is 0.00000486. The molecule has 1 saturated heterocycles. The number of carbonyl (C=O) groups is 3. The fourth-order valence-corrected chi connectivity index (χ4v) is 6.55. The van der Waals surface area contributed by atoms with Crippen LogP contribution in [-0.4, -0.2) is 70.1 Å². The summed E-state index contributed by atoms with van der Waals surface area (Å²) in [6.07, 6.45) is 5.13. The number of carbonyl (C=O) groups excluding carboxylic acids is 3. The lowest BCUT2D eigenvalue weighted by Crippen LogP contribution is -2.48. The standard InChI is InChI=1S/C36H42FN9O3.ClH/c37-31-14-11-27(20-30(31)35(48)40-29-15-17-39-18-16-29)24-5-1-22(2-6-24)19-32(42-34(47)26-7-3-23(21-38)4-8-26)36(49)41-28-12-9-25(10-13-28)33-43-45-46-44-33;/h1-2,5-6,9-14,20,23,26,29,32,39H,3-4,7-8,15-19,21,38H2,(H,40,48)(H,41,49)(H,42,47)(H,43,44,45,46);1H/t23?,26?,32-;/m0./s1. The van der Waals surface area contributed by atoms with E-state index in [-0.39, 0.29) is 48.2 Å². The van der Waals surface area contributed by atoms with Crippen molar-refractivity contribution in [3.05, 3.63) is 83.7 Å². The van der Waals surface area contributed by atoms with Crippen LogP contribution in [0.5, 0.6) is 0 Å². The second-order valence-electron chi connectivity index (χ2n) is 12.9. The number of hydrogen-bond donors (Lipinski definition) is 6. The summed E-state index contributed by atoms with van der Waals surface area (Å²) in [4.78, 5) is 40.0. The number of nitrogens with two attached hydrogens (primary N) is 1. The normalized spacial score (nSPS) is 18.4. The second-order valence-corrected chi connectivity index (χ2v) is 12.9. The first-order valence-corrected chi connectivity index (χ1v) is 16.9. The van der Waals surface area contributed by atoms with Gasteiger partial charge in [-0.1, -0.05) is 30.3 Å². The highest BCUT2D eigenvalue weighted by Crippen LogP contribution is 2.29. The smallest absolute Gasteiger partial charge is 0.254 e. The molecule has 2 aliphatic rings. The first-order chi connectivity index (χ1) is 23.9. The molecule has 1 saturated carbocycles. The number of aromatic nitrogens is 4. The predicted molar refractivity (Wildman–Crippen MR) is 191 cm³/mol. The number of hydrogen-bond acceptors (Lipinski definition) is 8. The van der Waals surface area contributed by atoms with Crippen LogP contribution >= 0.6 is 12.4 Å². The molecule has 3 amide bonds. The molecular weight excluding hydrogens is 661 g/mol. The topological polar surface area (TPSA) is 180 Å². The van der Waals surface area contributed by atoms with Crippen LogP contribution in [0.15, 0.2) is 66.7 Å². The van der Waals surface area contributed by atoms with Gasteiger partial charge in [-0.2, -0.15) is 5.21 Å². The summed E-state index contributed by atoms with van der Waals surface area (Å²) in [6.45, 7) is 2.25. The number of amides is 3. The molecule has 7 N–H and O–H groups in total. The van der Waals surface area contributed by atoms with Crippen molar-refractivity contribution in [1.82, 2.24) is 36.6 Å². The predicted octanol–water partition coefficient (Wildman–Crippen LogP) is 4.01. The summed E-state index contributed by atoms with van der Waals surface area (Å²) < 4.78 is 14.7. The molecule has 1 aromatic heterocycles. The number of nitrogens with zero attached hydrogens (tertiary/aromatic N) is 3. The van der Waals surface area contributed by atoms with Crippen molar-refractivity contribution in [2.75, 3.05) is 25.0 Å². The van der Waals surface area contributed by atoms with Crippen LogP contribution in [0.1, 0.15) is 54.4 Å². The Morgan fingerprint density at radius 1 is 0.880 bits per heavy atom. The largest absolute Gasteiger partial charge is 0.349 e. The zero-order valence-electron chi connectivity index (χ0n) is 27.7. The van der Waals surface area contributed by atoms with Crippen molar-refractivity contribution in [3.8, 4) is 22.5 Å². The van der Waals surface area contributed by atoms with Crippen LogP contribution in [0.3, 0.4) is 0 Å². The minimum Gasteiger partial charge on any atom is -0.349 e. The van der Waals surface area contributed by atoms with Gasteiger partial charge in [0.15, 0.2) is 0 Å². The Labute approximate surface area is 296 Å². The molecule has 3 aromatic carbocycles. The Morgan fingerprint density at radius 3 is 2.22 bits per heavy atom. The van der Waals surface area contributed by atoms with Gasteiger partial charge in [-0.05, 0) is 122 Å². The summed E-state index contributed by atoms with van der Waals surface area (Å²) in [5, 5.41) is 26.1. The van der Waals surface area contributed by atoms with Crippen LogP contribution in [0.25, 0.3) is 22.5 Å². The molecule has 1 aliphatic carbocycles. The minimum absolute atomic E-state index is 0. The number of aromatic amines is 1. The van der Waals surface area contributed by atoms with Crippen LogP contribution in [0, 0.1) is 17.7 Å². The average Bonchev–Trinajstić information content (AvgIpc) is 3.68. The molecule has 1 aliphatic heterocycles. The third kappa shape index (κ3) is 9.29. The van der Waals surface area contributed by atoms with E-state index in [1.807, 2.05) is 24.3 Å². The van der Waals surface area contributed by atoms with Crippen molar-refractivity contribution < 1.29 is 18.8 Å². The minimum atomic E-state index is -0.835. The van der Waals surface area contributed by atoms with E-state index in [0.717, 1.165) is 68.3 Å². The number of anilines is 1. The molecule has 12 nitrogen and oxygen atoms in total. The number of rotatable bonds is 11. The van der Waals surface area contributed by atoms with Crippen LogP contribution in [0.2, 0.25) is 0 Å². The van der Waals surface area contributed by atoms with E-state index in [9.17, 15) is 18.8 Å². The van der Waals surface area contributed by atoms with Crippen molar-refractivity contribution >= 4 is 35.8 Å². The Kier molecular flexibility index (Phi) is 12.6. The van der Waals surface area contributed by atoms with Gasteiger partial charge in [0.1, 0.15) is 11.9 Å². The van der Waals surface area contributed by atoms with Gasteiger partial charge in [0, 0.05) is 29.6 Å². The number of piperidine rings is 1. The lowest BCUT2D eigenvalue weighted by Gasteiger charge is -2.28. The fraction of sp³-hybridized carbons (Fsp3) is 0.389. The monoisotopic (exact) mass is 703 g/mol. The van der Waals surface area contributed by atoms with Crippen LogP contribution in [-0.2, 0) is 16.0 Å². The zero-order valence-corrected chi connectivity index (χ0v) is 28.5. The highest BCUT2D eigenvalue weighted by Gasteiger charge is 2.29. The SMILES string of the molecule is Cl.NCC1CCC(C(=O)N[C@@H](Cc2ccc(-c3ccc(F)c(C(=O)NC4CCNCC4)c3)cc2)C(=O)Nc2ccc(-c3nn[nH]n3)cc2)CC1. The summed E-state index contributed by atoms with van der Waals surface area (Å²) in [5.74, 6) is -0.781. The molecule has 4 aromatic rings. The van der Waals surface area contributed by atoms with Gasteiger partial charge in [-0.3, -0.25) is 14.4 Å². The first-order valence-electron chi connectivity index (χ1n) is 16.9. The fourth-order valence-electron chi connectivity index (χ4n) is 6.55. The van der Waals surface area contributed by atoms with E-state index in [2.05, 4.69) is 41.9 Å². The molecule has 2 fully saturated rings. The molecule has 50 heavy (non-hydrogen) atoms. The number of nitrogens with one attached hydrogen (secondary N) is 5. The van der Waals surface area contributed by atoms with Crippen molar-refractivity contribution in [2.24, 2.45) is 17.6 Å². The molecule has 0 radical (unpaired) electrons. The van der Waals surface area contributed by atoms with Gasteiger partial charge in [0.2, 0.25) is 17.6 Å². The first kappa shape index (κ1) is 36.6. The van der Waals surface area contributed by atoms with E-state index in [4.69, 9.17) is 5.73 Å². The lowest BCUT2D eigenvalue weighted by molar-refractivity contribution is -0.130. The molecule has 2 heterocycles. The van der Waals surface area contributed by atoms with E-state index >= 15 is 0 Å². The second kappa shape index (κ2) is 17.3. The van der Waals surface area contributed by atoms with E-state index in [0.29, 0.717) is 29.5 Å². The highest BCUT2D eigenvalue weighted by molar-refractivity contribution is 5.98. The van der Waals surface area contributed by atoms with Crippen LogP contribution in [0.4, 0.5) is 10.1 Å². The van der Waals surface area contributed by atoms with Crippen molar-refractivity contribution in [2.45, 2.75) is 57.0 Å². The molecule has 1 atom stereocenters. The van der Waals surface area contributed by atoms with Crippen molar-refractivity contribution in [1.29, 1.82) is 0 Å². The molecule has 264 valence electrons. The highest BCUT2D eigenvalue weighted by atomic mass is 35.5. The third-order valence-electron chi connectivity index (χ3n) is 9.55. The molecule has 0 bridgehead atoms. The maximum Gasteiger partial charge on any atom is 0.254 e. The maximum absolute atomic E-state index is 14.7. The number of benzene rings is 3. The van der Waals surface area contributed by atoms with E-state index in [1.54, 1.807) is 36.4 Å². The summed E-state index contributed by atoms with van der Waals surface area (Å²) >= 11 is 0. The summed E-state index contributed by atoms with van der Waals surface area (Å²) in [5.41, 5.74) is 9.47. The summed E-state index contributed by atoms with van der Waals surface area (Å²) in [7, 11) is 0. The van der Waals surface area contributed by atoms with E-state index < -0.39 is 17.8 Å². The molecule has 0 spiro atoms. The third-order valence-corrected chi connectivity index (χ3v) is 9.55. The zero-order chi connectivity index (χ0) is 34.2. The molecule has 6 rings (SSSR count).